The zero-order chi connectivity index (χ0) is 17.9. The molecule has 1 unspecified atom stereocenters. The maximum atomic E-state index is 12.8. The highest BCUT2D eigenvalue weighted by molar-refractivity contribution is 5.83. The van der Waals surface area contributed by atoms with Crippen LogP contribution in [0.15, 0.2) is 41.7 Å². The van der Waals surface area contributed by atoms with Crippen molar-refractivity contribution in [1.82, 2.24) is 0 Å². The van der Waals surface area contributed by atoms with E-state index in [2.05, 4.69) is 0 Å². The highest BCUT2D eigenvalue weighted by atomic mass is 19.4. The van der Waals surface area contributed by atoms with Gasteiger partial charge in [0.15, 0.2) is 6.10 Å². The number of rotatable bonds is 4. The van der Waals surface area contributed by atoms with Crippen LogP contribution in [0.1, 0.15) is 24.0 Å². The monoisotopic (exact) mass is 338 g/mol. The predicted molar refractivity (Wildman–Crippen MR) is 77.4 cm³/mol. The van der Waals surface area contributed by atoms with Crippen molar-refractivity contribution in [3.63, 3.8) is 0 Å². The van der Waals surface area contributed by atoms with E-state index >= 15 is 0 Å². The largest absolute Gasteiger partial charge is 0.457 e. The minimum Gasteiger partial charge on any atom is -0.457 e. The molecule has 1 atom stereocenters. The summed E-state index contributed by atoms with van der Waals surface area (Å²) in [6, 6.07) is 4.23. The lowest BCUT2D eigenvalue weighted by Gasteiger charge is -2.20. The van der Waals surface area contributed by atoms with Crippen molar-refractivity contribution in [2.24, 2.45) is 5.73 Å². The van der Waals surface area contributed by atoms with Crippen LogP contribution in [-0.2, 0) is 11.0 Å². The van der Waals surface area contributed by atoms with Crippen LogP contribution in [-0.4, -0.2) is 17.1 Å². The Morgan fingerprint density at radius 2 is 2.00 bits per heavy atom. The molecule has 3 N–H and O–H groups in total. The van der Waals surface area contributed by atoms with Crippen LogP contribution in [0.4, 0.5) is 13.2 Å². The second-order valence-corrected chi connectivity index (χ2v) is 5.03. The summed E-state index contributed by atoms with van der Waals surface area (Å²) in [5.74, 6) is -0.866. The number of aliphatic hydroxyl groups excluding tert-OH is 1. The highest BCUT2D eigenvalue weighted by Crippen LogP contribution is 2.34. The Balaban J connectivity index is 2.31. The first-order valence-electron chi connectivity index (χ1n) is 6.91. The molecule has 0 bridgehead atoms. The number of ether oxygens (including phenoxy) is 1. The van der Waals surface area contributed by atoms with Crippen LogP contribution in [0, 0.1) is 11.3 Å². The van der Waals surface area contributed by atoms with Crippen molar-refractivity contribution in [1.29, 1.82) is 5.26 Å². The van der Waals surface area contributed by atoms with Crippen LogP contribution in [0.3, 0.4) is 0 Å². The topological polar surface area (TPSA) is 96.3 Å². The van der Waals surface area contributed by atoms with E-state index < -0.39 is 29.3 Å². The average molecular weight is 338 g/mol. The summed E-state index contributed by atoms with van der Waals surface area (Å²) in [5.41, 5.74) is 3.55. The fourth-order valence-corrected chi connectivity index (χ4v) is 2.23. The lowest BCUT2D eigenvalue weighted by atomic mass is 9.99. The number of carbonyl (C=O) groups excluding carboxylic acids is 1. The van der Waals surface area contributed by atoms with Gasteiger partial charge in [-0.2, -0.15) is 18.4 Å². The Hall–Kier alpha value is -2.79. The maximum Gasteiger partial charge on any atom is 0.417 e. The molecule has 1 aromatic rings. The molecule has 1 aliphatic carbocycles. The Bertz CT molecular complexity index is 761. The molecule has 0 fully saturated rings. The lowest BCUT2D eigenvalue weighted by molar-refractivity contribution is -0.137. The molecule has 24 heavy (non-hydrogen) atoms. The number of benzene rings is 1. The van der Waals surface area contributed by atoms with E-state index in [0.29, 0.717) is 12.8 Å². The van der Waals surface area contributed by atoms with Gasteiger partial charge in [-0.05, 0) is 37.1 Å². The van der Waals surface area contributed by atoms with Gasteiger partial charge in [-0.1, -0.05) is 6.08 Å². The van der Waals surface area contributed by atoms with Crippen LogP contribution in [0.5, 0.6) is 5.75 Å². The summed E-state index contributed by atoms with van der Waals surface area (Å²) in [5, 5.41) is 18.7. The molecule has 0 radical (unpaired) electrons. The first kappa shape index (κ1) is 17.6. The van der Waals surface area contributed by atoms with Gasteiger partial charge in [-0.3, -0.25) is 4.79 Å². The van der Waals surface area contributed by atoms with E-state index in [1.54, 1.807) is 12.2 Å². The van der Waals surface area contributed by atoms with Crippen molar-refractivity contribution >= 4 is 5.91 Å². The molecule has 5 nitrogen and oxygen atoms in total. The zero-order valence-electron chi connectivity index (χ0n) is 12.3. The van der Waals surface area contributed by atoms with Crippen molar-refractivity contribution in [2.45, 2.75) is 25.1 Å². The quantitative estimate of drug-likeness (QED) is 0.881. The minimum atomic E-state index is -4.65. The molecular weight excluding hydrogens is 325 g/mol. The Morgan fingerprint density at radius 3 is 2.58 bits per heavy atom. The number of nitrogens with zero attached hydrogens (tertiary/aromatic N) is 1. The van der Waals surface area contributed by atoms with Gasteiger partial charge in [-0.25, -0.2) is 0 Å². The zero-order valence-corrected chi connectivity index (χ0v) is 12.3. The Kier molecular flexibility index (Phi) is 4.95. The number of nitriles is 1. The second-order valence-electron chi connectivity index (χ2n) is 5.03. The molecule has 0 aliphatic heterocycles. The van der Waals surface area contributed by atoms with Gasteiger partial charge < -0.3 is 15.6 Å². The Labute approximate surface area is 135 Å². The molecule has 8 heteroatoms. The molecular formula is C16H13F3N2O3. The number of hydrogen-bond acceptors (Lipinski definition) is 4. The number of allylic oxidation sites excluding steroid dienone is 2. The molecule has 1 aromatic carbocycles. The summed E-state index contributed by atoms with van der Waals surface area (Å²) in [7, 11) is 0. The lowest BCUT2D eigenvalue weighted by Crippen LogP contribution is -2.32. The van der Waals surface area contributed by atoms with Gasteiger partial charge in [0.2, 0.25) is 0 Å². The standard InChI is InChI=1S/C16H13F3N2O3/c17-16(18,19)12-6-5-10(7-9(12)8-20)24-13-4-2-1-3-11(13)14(22)15(21)23/h3-7,14,22H,1-2H2,(H2,21,23). The fourth-order valence-electron chi connectivity index (χ4n) is 2.23. The third-order valence-electron chi connectivity index (χ3n) is 3.35. The fraction of sp³-hybridized carbons (Fsp3) is 0.250. The number of hydrogen-bond donors (Lipinski definition) is 2. The van der Waals surface area contributed by atoms with Crippen LogP contribution in [0.2, 0.25) is 0 Å². The van der Waals surface area contributed by atoms with Gasteiger partial charge in [-0.15, -0.1) is 0 Å². The first-order chi connectivity index (χ1) is 11.2. The van der Waals surface area contributed by atoms with Gasteiger partial charge in [0.05, 0.1) is 17.2 Å². The van der Waals surface area contributed by atoms with Crippen LogP contribution >= 0.6 is 0 Å². The number of alkyl halides is 3. The first-order valence-corrected chi connectivity index (χ1v) is 6.91. The minimum absolute atomic E-state index is 0.0183. The number of amides is 1. The van der Waals surface area contributed by atoms with E-state index in [-0.39, 0.29) is 17.1 Å². The second kappa shape index (κ2) is 6.76. The molecule has 126 valence electrons. The summed E-state index contributed by atoms with van der Waals surface area (Å²) in [4.78, 5) is 11.1. The van der Waals surface area contributed by atoms with Gasteiger partial charge >= 0.3 is 6.18 Å². The number of carbonyl (C=O) groups is 1. The third kappa shape index (κ3) is 3.75. The molecule has 0 saturated carbocycles. The van der Waals surface area contributed by atoms with Crippen molar-refractivity contribution in [3.05, 3.63) is 52.8 Å². The van der Waals surface area contributed by atoms with Gasteiger partial charge in [0, 0.05) is 5.57 Å². The predicted octanol–water partition coefficient (Wildman–Crippen LogP) is 2.41. The average Bonchev–Trinajstić information content (AvgIpc) is 2.53. The summed E-state index contributed by atoms with van der Waals surface area (Å²) in [6.45, 7) is 0. The third-order valence-corrected chi connectivity index (χ3v) is 3.35. The van der Waals surface area contributed by atoms with E-state index in [9.17, 15) is 23.1 Å². The van der Waals surface area contributed by atoms with E-state index in [0.717, 1.165) is 18.2 Å². The molecule has 1 aliphatic rings. The molecule has 1 amide bonds. The molecule has 0 spiro atoms. The number of halogens is 3. The molecule has 2 rings (SSSR count). The molecule has 0 heterocycles. The van der Waals surface area contributed by atoms with Gasteiger partial charge in [0.25, 0.3) is 5.91 Å². The maximum absolute atomic E-state index is 12.8. The Morgan fingerprint density at radius 1 is 1.33 bits per heavy atom. The number of nitrogens with two attached hydrogens (primary N) is 1. The number of aliphatic hydroxyl groups is 1. The molecule has 0 saturated heterocycles. The van der Waals surface area contributed by atoms with Crippen LogP contribution in [0.25, 0.3) is 0 Å². The normalized spacial score (nSPS) is 15.8. The van der Waals surface area contributed by atoms with Crippen molar-refractivity contribution in [2.75, 3.05) is 0 Å². The van der Waals surface area contributed by atoms with E-state index in [1.165, 1.54) is 6.07 Å². The summed E-state index contributed by atoms with van der Waals surface area (Å²) >= 11 is 0. The smallest absolute Gasteiger partial charge is 0.417 e. The molecule has 0 aromatic heterocycles. The van der Waals surface area contributed by atoms with Gasteiger partial charge in [0.1, 0.15) is 11.5 Å². The van der Waals surface area contributed by atoms with E-state index in [1.807, 2.05) is 0 Å². The summed E-state index contributed by atoms with van der Waals surface area (Å²) < 4.78 is 43.8. The number of primary amides is 1. The van der Waals surface area contributed by atoms with Crippen molar-refractivity contribution in [3.8, 4) is 11.8 Å². The summed E-state index contributed by atoms with van der Waals surface area (Å²) in [6.07, 6.45) is -1.95. The SMILES string of the molecule is N#Cc1cc(OC2=CCCC=C2C(O)C(N)=O)ccc1C(F)(F)F. The van der Waals surface area contributed by atoms with Crippen molar-refractivity contribution < 1.29 is 27.8 Å². The van der Waals surface area contributed by atoms with E-state index in [4.69, 9.17) is 15.7 Å². The highest BCUT2D eigenvalue weighted by Gasteiger charge is 2.34. The van der Waals surface area contributed by atoms with Crippen LogP contribution < -0.4 is 10.5 Å².